The van der Waals surface area contributed by atoms with Crippen LogP contribution in [0.25, 0.3) is 0 Å². The Morgan fingerprint density at radius 2 is 1.94 bits per heavy atom. The first-order valence-corrected chi connectivity index (χ1v) is 11.6. The topological polar surface area (TPSA) is 84.4 Å². The molecule has 1 aromatic heterocycles. The highest BCUT2D eigenvalue weighted by Gasteiger charge is 2.29. The number of nitrogens with zero attached hydrogens (tertiary/aromatic N) is 3. The highest BCUT2D eigenvalue weighted by atomic mass is 32.1. The number of ether oxygens (including phenoxy) is 1. The summed E-state index contributed by atoms with van der Waals surface area (Å²) in [5.41, 5.74) is 2.42. The van der Waals surface area contributed by atoms with E-state index in [4.69, 9.17) is 4.74 Å². The zero-order valence-corrected chi connectivity index (χ0v) is 19.0. The van der Waals surface area contributed by atoms with Crippen molar-refractivity contribution in [3.05, 3.63) is 69.7 Å². The molecule has 1 saturated heterocycles. The lowest BCUT2D eigenvalue weighted by Crippen LogP contribution is -2.39. The van der Waals surface area contributed by atoms with Crippen LogP contribution in [-0.4, -0.2) is 46.6 Å². The van der Waals surface area contributed by atoms with Crippen molar-refractivity contribution in [1.82, 2.24) is 15.1 Å². The molecule has 0 radical (unpaired) electrons. The number of aromatic nitrogens is 2. The minimum Gasteiger partial charge on any atom is -0.493 e. The third-order valence-corrected chi connectivity index (χ3v) is 6.50. The lowest BCUT2D eigenvalue weighted by atomic mass is 9.98. The van der Waals surface area contributed by atoms with E-state index in [1.54, 1.807) is 6.07 Å². The van der Waals surface area contributed by atoms with E-state index in [0.717, 1.165) is 29.1 Å². The summed E-state index contributed by atoms with van der Waals surface area (Å²) < 4.78 is 5.63. The molecule has 0 unspecified atom stereocenters. The summed E-state index contributed by atoms with van der Waals surface area (Å²) in [5, 5.41) is 12.4. The lowest BCUT2D eigenvalue weighted by molar-refractivity contribution is 0.0702. The van der Waals surface area contributed by atoms with Crippen LogP contribution in [0.3, 0.4) is 0 Å². The Balaban J connectivity index is 1.44. The first-order chi connectivity index (χ1) is 15.5. The summed E-state index contributed by atoms with van der Waals surface area (Å²) in [4.78, 5) is 27.6. The Morgan fingerprint density at radius 1 is 1.16 bits per heavy atom. The van der Waals surface area contributed by atoms with Crippen LogP contribution in [0, 0.1) is 6.92 Å². The predicted octanol–water partition coefficient (Wildman–Crippen LogP) is 4.52. The minimum atomic E-state index is -0.271. The number of hydrogen-bond donors (Lipinski definition) is 1. The summed E-state index contributed by atoms with van der Waals surface area (Å²) in [5.74, 6) is 0.353. The van der Waals surface area contributed by atoms with Gasteiger partial charge in [-0.15, -0.1) is 10.2 Å². The molecule has 7 nitrogen and oxygen atoms in total. The van der Waals surface area contributed by atoms with Gasteiger partial charge in [-0.1, -0.05) is 41.2 Å². The van der Waals surface area contributed by atoms with Crippen LogP contribution in [0.1, 0.15) is 56.4 Å². The Bertz CT molecular complexity index is 1100. The maximum absolute atomic E-state index is 13.2. The van der Waals surface area contributed by atoms with Gasteiger partial charge >= 0.3 is 0 Å². The van der Waals surface area contributed by atoms with Crippen molar-refractivity contribution in [2.75, 3.05) is 25.0 Å². The number of nitrogens with one attached hydrogen (secondary N) is 1. The standard InChI is InChI=1S/C24H26N4O3S/c1-3-31-20-9-5-4-8-19(20)24(30)28-14-6-7-17(15-28)22-26-27-23(32-22)21(29)25-18-12-10-16(2)11-13-18/h4-5,8-13,17H,3,6-7,14-15H2,1-2H3,(H,25,29)/t17-/m1/s1. The molecule has 166 valence electrons. The Morgan fingerprint density at radius 3 is 2.72 bits per heavy atom. The Hall–Kier alpha value is -3.26. The largest absolute Gasteiger partial charge is 0.493 e. The van der Waals surface area contributed by atoms with Crippen LogP contribution in [-0.2, 0) is 0 Å². The maximum Gasteiger partial charge on any atom is 0.286 e. The van der Waals surface area contributed by atoms with Gasteiger partial charge in [-0.3, -0.25) is 9.59 Å². The summed E-state index contributed by atoms with van der Waals surface area (Å²) in [7, 11) is 0. The number of hydrogen-bond acceptors (Lipinski definition) is 6. The number of carbonyl (C=O) groups excluding carboxylic acids is 2. The molecule has 3 aromatic rings. The van der Waals surface area contributed by atoms with Crippen molar-refractivity contribution < 1.29 is 14.3 Å². The van der Waals surface area contributed by atoms with E-state index in [9.17, 15) is 9.59 Å². The van der Waals surface area contributed by atoms with Crippen LogP contribution < -0.4 is 10.1 Å². The van der Waals surface area contributed by atoms with E-state index in [1.165, 1.54) is 11.3 Å². The quantitative estimate of drug-likeness (QED) is 0.597. The molecule has 0 spiro atoms. The summed E-state index contributed by atoms with van der Waals surface area (Å²) in [6.07, 6.45) is 1.78. The zero-order valence-electron chi connectivity index (χ0n) is 18.2. The van der Waals surface area contributed by atoms with Crippen LogP contribution in [0.4, 0.5) is 5.69 Å². The lowest BCUT2D eigenvalue weighted by Gasteiger charge is -2.32. The van der Waals surface area contributed by atoms with Gasteiger partial charge < -0.3 is 15.0 Å². The maximum atomic E-state index is 13.2. The SMILES string of the molecule is CCOc1ccccc1C(=O)N1CCC[C@@H](c2nnc(C(=O)Nc3ccc(C)cc3)s2)C1. The van der Waals surface area contributed by atoms with Gasteiger partial charge in [0.2, 0.25) is 5.01 Å². The van der Waals surface area contributed by atoms with Crippen LogP contribution in [0.15, 0.2) is 48.5 Å². The Labute approximate surface area is 191 Å². The normalized spacial score (nSPS) is 15.9. The van der Waals surface area contributed by atoms with E-state index < -0.39 is 0 Å². The van der Waals surface area contributed by atoms with Crippen LogP contribution >= 0.6 is 11.3 Å². The van der Waals surface area contributed by atoms with E-state index in [-0.39, 0.29) is 17.7 Å². The average molecular weight is 451 g/mol. The van der Waals surface area contributed by atoms with Gasteiger partial charge in [0, 0.05) is 24.7 Å². The number of aryl methyl sites for hydroxylation is 1. The molecule has 0 bridgehead atoms. The van der Waals surface area contributed by atoms with Gasteiger partial charge in [0.05, 0.1) is 12.2 Å². The third-order valence-electron chi connectivity index (χ3n) is 5.42. The van der Waals surface area contributed by atoms with Crippen molar-refractivity contribution >= 4 is 28.8 Å². The second-order valence-corrected chi connectivity index (χ2v) is 8.79. The number of para-hydroxylation sites is 1. The first-order valence-electron chi connectivity index (χ1n) is 10.8. The number of likely N-dealkylation sites (tertiary alicyclic amines) is 1. The van der Waals surface area contributed by atoms with Crippen molar-refractivity contribution in [3.63, 3.8) is 0 Å². The summed E-state index contributed by atoms with van der Waals surface area (Å²) >= 11 is 1.29. The van der Waals surface area contributed by atoms with E-state index in [1.807, 2.05) is 61.2 Å². The van der Waals surface area contributed by atoms with Gasteiger partial charge in [-0.2, -0.15) is 0 Å². The molecule has 2 heterocycles. The molecule has 1 fully saturated rings. The molecule has 0 aliphatic carbocycles. The molecule has 2 aromatic carbocycles. The fourth-order valence-corrected chi connectivity index (χ4v) is 4.64. The molecule has 1 aliphatic rings. The average Bonchev–Trinajstić information content (AvgIpc) is 3.31. The number of carbonyl (C=O) groups is 2. The molecular formula is C24H26N4O3S. The zero-order chi connectivity index (χ0) is 22.5. The Kier molecular flexibility index (Phi) is 6.80. The molecular weight excluding hydrogens is 424 g/mol. The fourth-order valence-electron chi connectivity index (χ4n) is 3.77. The smallest absolute Gasteiger partial charge is 0.286 e. The van der Waals surface area contributed by atoms with Crippen LogP contribution in [0.5, 0.6) is 5.75 Å². The number of amides is 2. The van der Waals surface area contributed by atoms with Crippen molar-refractivity contribution in [2.45, 2.75) is 32.6 Å². The number of rotatable bonds is 6. The van der Waals surface area contributed by atoms with Gasteiger partial charge in [-0.25, -0.2) is 0 Å². The highest BCUT2D eigenvalue weighted by Crippen LogP contribution is 2.31. The monoisotopic (exact) mass is 450 g/mol. The molecule has 4 rings (SSSR count). The molecule has 0 saturated carbocycles. The van der Waals surface area contributed by atoms with Gasteiger partial charge in [-0.05, 0) is 51.0 Å². The number of anilines is 1. The summed E-state index contributed by atoms with van der Waals surface area (Å²) in [6.45, 7) is 5.64. The number of piperidine rings is 1. The van der Waals surface area contributed by atoms with E-state index in [2.05, 4.69) is 15.5 Å². The molecule has 1 atom stereocenters. The minimum absolute atomic E-state index is 0.0411. The molecule has 8 heteroatoms. The first kappa shape index (κ1) is 22.0. The molecule has 2 amide bonds. The van der Waals surface area contributed by atoms with Crippen LogP contribution in [0.2, 0.25) is 0 Å². The highest BCUT2D eigenvalue weighted by molar-refractivity contribution is 7.13. The second-order valence-electron chi connectivity index (χ2n) is 7.79. The van der Waals surface area contributed by atoms with E-state index in [0.29, 0.717) is 36.0 Å². The second kappa shape index (κ2) is 9.91. The molecule has 32 heavy (non-hydrogen) atoms. The van der Waals surface area contributed by atoms with Gasteiger partial charge in [0.25, 0.3) is 11.8 Å². The van der Waals surface area contributed by atoms with Crippen molar-refractivity contribution in [3.8, 4) is 5.75 Å². The van der Waals surface area contributed by atoms with Crippen molar-refractivity contribution in [2.24, 2.45) is 0 Å². The third kappa shape index (κ3) is 4.96. The van der Waals surface area contributed by atoms with Gasteiger partial charge in [0.15, 0.2) is 0 Å². The molecule has 1 aliphatic heterocycles. The predicted molar refractivity (Wildman–Crippen MR) is 125 cm³/mol. The number of benzene rings is 2. The van der Waals surface area contributed by atoms with Gasteiger partial charge in [0.1, 0.15) is 10.8 Å². The van der Waals surface area contributed by atoms with Crippen molar-refractivity contribution in [1.29, 1.82) is 0 Å². The summed E-state index contributed by atoms with van der Waals surface area (Å²) in [6, 6.07) is 14.9. The fraction of sp³-hybridized carbons (Fsp3) is 0.333. The van der Waals surface area contributed by atoms with E-state index >= 15 is 0 Å². The molecule has 1 N–H and O–H groups in total.